The lowest BCUT2D eigenvalue weighted by Crippen LogP contribution is -1.93. The third-order valence-corrected chi connectivity index (χ3v) is 4.54. The molecule has 1 aliphatic carbocycles. The molecule has 1 aromatic heterocycles. The van der Waals surface area contributed by atoms with Gasteiger partial charge in [-0.2, -0.15) is 5.26 Å². The summed E-state index contributed by atoms with van der Waals surface area (Å²) >= 11 is 6.36. The largest absolute Gasteiger partial charge is 0.495 e. The molecule has 1 radical (unpaired) electrons. The maximum atomic E-state index is 9.30. The number of aromatic nitrogens is 1. The summed E-state index contributed by atoms with van der Waals surface area (Å²) in [5, 5.41) is 10.8. The van der Waals surface area contributed by atoms with Crippen molar-refractivity contribution in [2.24, 2.45) is 0 Å². The first-order valence-electron chi connectivity index (χ1n) is 7.87. The summed E-state index contributed by atoms with van der Waals surface area (Å²) in [6, 6.07) is 13.1. The molecule has 1 atom stereocenters. The van der Waals surface area contributed by atoms with E-state index in [-0.39, 0.29) is 0 Å². The molecule has 4 rings (SSSR count). The molecule has 1 fully saturated rings. The number of nitrogens with zero attached hydrogens (tertiary/aromatic N) is 2. The molecule has 4 nitrogen and oxygen atoms in total. The SMILES string of the molecule is COc1cc2nccc(Oc3ccc(C4[CH]C4)c(Cl)c3)c2cc1C#N. The molecule has 0 amide bonds. The fourth-order valence-electron chi connectivity index (χ4n) is 2.81. The maximum Gasteiger partial charge on any atom is 0.138 e. The smallest absolute Gasteiger partial charge is 0.138 e. The Morgan fingerprint density at radius 3 is 2.72 bits per heavy atom. The number of halogens is 1. The van der Waals surface area contributed by atoms with E-state index in [4.69, 9.17) is 21.1 Å². The minimum atomic E-state index is 0.436. The van der Waals surface area contributed by atoms with Crippen molar-refractivity contribution in [3.8, 4) is 23.3 Å². The van der Waals surface area contributed by atoms with Gasteiger partial charge in [-0.25, -0.2) is 0 Å². The van der Waals surface area contributed by atoms with E-state index in [0.29, 0.717) is 39.3 Å². The van der Waals surface area contributed by atoms with E-state index in [1.807, 2.05) is 18.2 Å². The Labute approximate surface area is 150 Å². The Bertz CT molecular complexity index is 1010. The fraction of sp³-hybridized carbons (Fsp3) is 0.150. The van der Waals surface area contributed by atoms with Crippen LogP contribution in [0.1, 0.15) is 23.5 Å². The summed E-state index contributed by atoms with van der Waals surface area (Å²) in [5.74, 6) is 2.23. The van der Waals surface area contributed by atoms with Crippen LogP contribution in [0.25, 0.3) is 10.9 Å². The molecule has 1 saturated carbocycles. The van der Waals surface area contributed by atoms with E-state index in [1.54, 1.807) is 24.4 Å². The van der Waals surface area contributed by atoms with Gasteiger partial charge in [0.2, 0.25) is 0 Å². The van der Waals surface area contributed by atoms with Gasteiger partial charge in [0.25, 0.3) is 0 Å². The molecule has 0 bridgehead atoms. The Balaban J connectivity index is 1.74. The summed E-state index contributed by atoms with van der Waals surface area (Å²) in [6.07, 6.45) is 4.96. The Morgan fingerprint density at radius 1 is 1.20 bits per heavy atom. The maximum absolute atomic E-state index is 9.30. The molecule has 3 aromatic rings. The van der Waals surface area contributed by atoms with E-state index in [1.165, 1.54) is 7.11 Å². The monoisotopic (exact) mass is 349 g/mol. The molecule has 25 heavy (non-hydrogen) atoms. The van der Waals surface area contributed by atoms with Crippen LogP contribution in [0.5, 0.6) is 17.2 Å². The van der Waals surface area contributed by atoms with Crippen molar-refractivity contribution >= 4 is 22.5 Å². The third-order valence-electron chi connectivity index (χ3n) is 4.21. The molecule has 2 aromatic carbocycles. The van der Waals surface area contributed by atoms with Crippen LogP contribution in [0, 0.1) is 17.8 Å². The van der Waals surface area contributed by atoms with Gasteiger partial charge >= 0.3 is 0 Å². The lowest BCUT2D eigenvalue weighted by atomic mass is 10.1. The molecule has 1 unspecified atom stereocenters. The highest BCUT2D eigenvalue weighted by Crippen LogP contribution is 2.43. The number of fused-ring (bicyclic) bond motifs is 1. The molecule has 123 valence electrons. The van der Waals surface area contributed by atoms with Crippen molar-refractivity contribution in [1.82, 2.24) is 4.98 Å². The highest BCUT2D eigenvalue weighted by molar-refractivity contribution is 6.31. The number of methoxy groups -OCH3 is 1. The standard InChI is InChI=1S/C20H14ClN2O2/c1-24-20-10-18-16(8-13(20)11-22)19(6-7-23-18)25-14-4-5-15(12-2-3-12)17(21)9-14/h2,4-10,12H,3H2,1H3. The van der Waals surface area contributed by atoms with Gasteiger partial charge in [-0.1, -0.05) is 17.7 Å². The number of benzene rings is 2. The molecule has 1 aliphatic rings. The Morgan fingerprint density at radius 2 is 2.04 bits per heavy atom. The van der Waals surface area contributed by atoms with E-state index < -0.39 is 0 Å². The molecular weight excluding hydrogens is 336 g/mol. The van der Waals surface area contributed by atoms with Gasteiger partial charge in [-0.05, 0) is 48.6 Å². The van der Waals surface area contributed by atoms with Gasteiger partial charge in [0.15, 0.2) is 0 Å². The number of hydrogen-bond acceptors (Lipinski definition) is 4. The van der Waals surface area contributed by atoms with Crippen LogP contribution in [0.3, 0.4) is 0 Å². The van der Waals surface area contributed by atoms with Crippen molar-refractivity contribution in [3.05, 3.63) is 65.2 Å². The van der Waals surface area contributed by atoms with Crippen molar-refractivity contribution in [2.45, 2.75) is 12.3 Å². The van der Waals surface area contributed by atoms with Crippen molar-refractivity contribution in [1.29, 1.82) is 5.26 Å². The summed E-state index contributed by atoms with van der Waals surface area (Å²) < 4.78 is 11.3. The molecule has 0 aliphatic heterocycles. The minimum Gasteiger partial charge on any atom is -0.495 e. The minimum absolute atomic E-state index is 0.436. The molecule has 1 heterocycles. The average Bonchev–Trinajstić information content (AvgIpc) is 3.46. The Kier molecular flexibility index (Phi) is 3.95. The Hall–Kier alpha value is -2.77. The second kappa shape index (κ2) is 6.27. The van der Waals surface area contributed by atoms with Crippen LogP contribution in [0.4, 0.5) is 0 Å². The quantitative estimate of drug-likeness (QED) is 0.645. The van der Waals surface area contributed by atoms with Crippen LogP contribution in [0.15, 0.2) is 42.6 Å². The summed E-state index contributed by atoms with van der Waals surface area (Å²) in [6.45, 7) is 0. The predicted molar refractivity (Wildman–Crippen MR) is 96.2 cm³/mol. The van der Waals surface area contributed by atoms with Crippen LogP contribution in [0.2, 0.25) is 5.02 Å². The molecule has 0 N–H and O–H groups in total. The zero-order valence-electron chi connectivity index (χ0n) is 13.5. The third kappa shape index (κ3) is 2.99. The van der Waals surface area contributed by atoms with Crippen LogP contribution in [-0.4, -0.2) is 12.1 Å². The van der Waals surface area contributed by atoms with Gasteiger partial charge < -0.3 is 9.47 Å². The van der Waals surface area contributed by atoms with Crippen molar-refractivity contribution < 1.29 is 9.47 Å². The highest BCUT2D eigenvalue weighted by atomic mass is 35.5. The van der Waals surface area contributed by atoms with Crippen molar-refractivity contribution in [2.75, 3.05) is 7.11 Å². The number of ether oxygens (including phenoxy) is 2. The first-order chi connectivity index (χ1) is 12.2. The molecule has 5 heteroatoms. The van der Waals surface area contributed by atoms with E-state index >= 15 is 0 Å². The van der Waals surface area contributed by atoms with Gasteiger partial charge in [0.1, 0.15) is 23.3 Å². The first-order valence-corrected chi connectivity index (χ1v) is 8.25. The molecule has 0 saturated heterocycles. The number of pyridine rings is 1. The lowest BCUT2D eigenvalue weighted by molar-refractivity contribution is 0.414. The van der Waals surface area contributed by atoms with Crippen LogP contribution < -0.4 is 9.47 Å². The summed E-state index contributed by atoms with van der Waals surface area (Å²) in [7, 11) is 1.53. The van der Waals surface area contributed by atoms with Crippen LogP contribution >= 0.6 is 11.6 Å². The first kappa shape index (κ1) is 15.7. The van der Waals surface area contributed by atoms with Gasteiger partial charge in [-0.15, -0.1) is 0 Å². The molecular formula is C20H14ClN2O2. The summed E-state index contributed by atoms with van der Waals surface area (Å²) in [5.41, 5.74) is 2.26. The van der Waals surface area contributed by atoms with E-state index in [9.17, 15) is 5.26 Å². The van der Waals surface area contributed by atoms with E-state index in [2.05, 4.69) is 17.5 Å². The zero-order chi connectivity index (χ0) is 17.4. The van der Waals surface area contributed by atoms with E-state index in [0.717, 1.165) is 17.4 Å². The average molecular weight is 350 g/mol. The number of nitriles is 1. The second-order valence-electron chi connectivity index (χ2n) is 5.85. The van der Waals surface area contributed by atoms with Crippen molar-refractivity contribution in [3.63, 3.8) is 0 Å². The topological polar surface area (TPSA) is 55.1 Å². The summed E-state index contributed by atoms with van der Waals surface area (Å²) in [4.78, 5) is 4.33. The van der Waals surface area contributed by atoms with Crippen LogP contribution in [-0.2, 0) is 0 Å². The number of rotatable bonds is 4. The zero-order valence-corrected chi connectivity index (χ0v) is 14.2. The van der Waals surface area contributed by atoms with Gasteiger partial charge in [0, 0.05) is 22.7 Å². The predicted octanol–water partition coefficient (Wildman–Crippen LogP) is 5.25. The second-order valence-corrected chi connectivity index (χ2v) is 6.26. The molecule has 0 spiro atoms. The fourth-order valence-corrected chi connectivity index (χ4v) is 3.13. The highest BCUT2D eigenvalue weighted by Gasteiger charge is 2.26. The van der Waals surface area contributed by atoms with Gasteiger partial charge in [0.05, 0.1) is 18.2 Å². The lowest BCUT2D eigenvalue weighted by Gasteiger charge is -2.11. The van der Waals surface area contributed by atoms with Gasteiger partial charge in [-0.3, -0.25) is 4.98 Å². The number of hydrogen-bond donors (Lipinski definition) is 0. The normalized spacial score (nSPS) is 13.5.